The van der Waals surface area contributed by atoms with Gasteiger partial charge in [0.1, 0.15) is 13.2 Å². The molecule has 0 saturated carbocycles. The molecule has 6 aromatic rings. The maximum atomic E-state index is 6.20. The molecule has 0 amide bonds. The summed E-state index contributed by atoms with van der Waals surface area (Å²) in [6.45, 7) is 0.976. The summed E-state index contributed by atoms with van der Waals surface area (Å²) in [5.74, 6) is 2.75. The highest BCUT2D eigenvalue weighted by Crippen LogP contribution is 2.36. The molecule has 0 radical (unpaired) electrons. The van der Waals surface area contributed by atoms with E-state index in [9.17, 15) is 0 Å². The molecule has 0 saturated heterocycles. The Morgan fingerprint density at radius 2 is 1.17 bits per heavy atom. The van der Waals surface area contributed by atoms with E-state index < -0.39 is 0 Å². The molecular formula is C38H34Br2N2O4. The Morgan fingerprint density at radius 3 is 1.72 bits per heavy atom. The molecule has 0 atom stereocenters. The Morgan fingerprint density at radius 1 is 0.652 bits per heavy atom. The van der Waals surface area contributed by atoms with Crippen molar-refractivity contribution in [3.8, 4) is 34.3 Å². The van der Waals surface area contributed by atoms with Crippen LogP contribution in [0.5, 0.6) is 23.0 Å². The Balaban J connectivity index is 0.000000235. The molecule has 1 heterocycles. The first-order valence-electron chi connectivity index (χ1n) is 14.5. The van der Waals surface area contributed by atoms with Crippen LogP contribution in [0.15, 0.2) is 125 Å². The van der Waals surface area contributed by atoms with Gasteiger partial charge in [0.05, 0.1) is 17.6 Å². The standard InChI is InChI=1S/C28H23NO2.C10H11Br2NO2/c1-4-10-21(11-5-1)19-30-27-17-24-16-25(23-14-8-3-9-15-23)29-26(24)18-28(27)31-20-22-12-6-2-7-13-22;1-14-8-3-6(4-10(11)12)7(13)5-9(8)15-2/h1-18,29H,19-20H2;3-5H,13H2,1-2H3. The summed E-state index contributed by atoms with van der Waals surface area (Å²) >= 11 is 6.55. The fourth-order valence-electron chi connectivity index (χ4n) is 4.76. The van der Waals surface area contributed by atoms with Gasteiger partial charge in [-0.25, -0.2) is 0 Å². The molecule has 5 aromatic carbocycles. The van der Waals surface area contributed by atoms with Crippen molar-refractivity contribution in [1.82, 2.24) is 4.98 Å². The molecule has 8 heteroatoms. The van der Waals surface area contributed by atoms with Gasteiger partial charge < -0.3 is 29.7 Å². The molecule has 0 unspecified atom stereocenters. The lowest BCUT2D eigenvalue weighted by Gasteiger charge is -2.13. The highest BCUT2D eigenvalue weighted by Gasteiger charge is 2.12. The van der Waals surface area contributed by atoms with E-state index in [0.29, 0.717) is 30.4 Å². The van der Waals surface area contributed by atoms with E-state index >= 15 is 0 Å². The maximum Gasteiger partial charge on any atom is 0.163 e. The predicted molar refractivity (Wildman–Crippen MR) is 195 cm³/mol. The number of hydrogen-bond donors (Lipinski definition) is 2. The van der Waals surface area contributed by atoms with Crippen LogP contribution in [0, 0.1) is 0 Å². The minimum Gasteiger partial charge on any atom is -0.493 e. The number of ether oxygens (including phenoxy) is 4. The molecule has 46 heavy (non-hydrogen) atoms. The Bertz CT molecular complexity index is 1810. The number of nitrogens with two attached hydrogens (primary N) is 1. The topological polar surface area (TPSA) is 78.7 Å². The van der Waals surface area contributed by atoms with E-state index in [-0.39, 0.29) is 0 Å². The van der Waals surface area contributed by atoms with Gasteiger partial charge in [-0.15, -0.1) is 0 Å². The van der Waals surface area contributed by atoms with Gasteiger partial charge in [0, 0.05) is 40.0 Å². The number of hydrogen-bond acceptors (Lipinski definition) is 5. The van der Waals surface area contributed by atoms with E-state index in [0.717, 1.165) is 53.7 Å². The molecule has 0 aliphatic rings. The van der Waals surface area contributed by atoms with E-state index in [4.69, 9.17) is 24.7 Å². The van der Waals surface area contributed by atoms with Crippen molar-refractivity contribution < 1.29 is 18.9 Å². The molecule has 0 fully saturated rings. The normalized spacial score (nSPS) is 10.4. The van der Waals surface area contributed by atoms with Crippen LogP contribution in [-0.2, 0) is 13.2 Å². The molecule has 0 aliphatic heterocycles. The number of rotatable bonds is 10. The van der Waals surface area contributed by atoms with Crippen LogP contribution in [0.2, 0.25) is 0 Å². The van der Waals surface area contributed by atoms with Crippen molar-refractivity contribution in [2.24, 2.45) is 0 Å². The van der Waals surface area contributed by atoms with Gasteiger partial charge in [0.15, 0.2) is 23.0 Å². The average Bonchev–Trinajstić information content (AvgIpc) is 3.51. The van der Waals surface area contributed by atoms with Crippen LogP contribution in [0.3, 0.4) is 0 Å². The van der Waals surface area contributed by atoms with Crippen molar-refractivity contribution in [2.45, 2.75) is 13.2 Å². The Hall–Kier alpha value is -4.66. The summed E-state index contributed by atoms with van der Waals surface area (Å²) in [6.07, 6.45) is 1.84. The summed E-state index contributed by atoms with van der Waals surface area (Å²) in [4.78, 5) is 3.52. The molecule has 0 bridgehead atoms. The molecule has 6 rings (SSSR count). The second kappa shape index (κ2) is 16.1. The van der Waals surface area contributed by atoms with Gasteiger partial charge in [0.25, 0.3) is 0 Å². The van der Waals surface area contributed by atoms with Crippen LogP contribution in [0.1, 0.15) is 16.7 Å². The fourth-order valence-corrected chi connectivity index (χ4v) is 5.26. The lowest BCUT2D eigenvalue weighted by molar-refractivity contribution is 0.256. The van der Waals surface area contributed by atoms with E-state index in [1.165, 1.54) is 0 Å². The van der Waals surface area contributed by atoms with Crippen LogP contribution >= 0.6 is 31.9 Å². The van der Waals surface area contributed by atoms with Crippen molar-refractivity contribution in [3.05, 3.63) is 141 Å². The van der Waals surface area contributed by atoms with Crippen LogP contribution in [0.4, 0.5) is 5.69 Å². The zero-order valence-electron chi connectivity index (χ0n) is 25.5. The van der Waals surface area contributed by atoms with Gasteiger partial charge in [-0.05, 0) is 72.8 Å². The summed E-state index contributed by atoms with van der Waals surface area (Å²) in [5, 5.41) is 1.09. The van der Waals surface area contributed by atoms with Gasteiger partial charge in [-0.3, -0.25) is 0 Å². The lowest BCUT2D eigenvalue weighted by atomic mass is 10.1. The number of nitrogens with one attached hydrogen (secondary N) is 1. The van der Waals surface area contributed by atoms with Gasteiger partial charge in [-0.1, -0.05) is 91.0 Å². The smallest absolute Gasteiger partial charge is 0.163 e. The predicted octanol–water partition coefficient (Wildman–Crippen LogP) is 10.4. The molecule has 3 N–H and O–H groups in total. The Labute approximate surface area is 286 Å². The minimum absolute atomic E-state index is 0.486. The Kier molecular flexibility index (Phi) is 11.4. The summed E-state index contributed by atoms with van der Waals surface area (Å²) in [6, 6.07) is 40.5. The average molecular weight is 743 g/mol. The van der Waals surface area contributed by atoms with Crippen LogP contribution in [0.25, 0.3) is 28.2 Å². The fraction of sp³-hybridized carbons (Fsp3) is 0.105. The molecule has 0 spiro atoms. The number of aromatic amines is 1. The van der Waals surface area contributed by atoms with Gasteiger partial charge in [0.2, 0.25) is 0 Å². The highest BCUT2D eigenvalue weighted by molar-refractivity contribution is 9.28. The van der Waals surface area contributed by atoms with Crippen LogP contribution in [-0.4, -0.2) is 19.2 Å². The third-order valence-corrected chi connectivity index (χ3v) is 7.56. The largest absolute Gasteiger partial charge is 0.493 e. The van der Waals surface area contributed by atoms with E-state index in [2.05, 4.69) is 85.4 Å². The molecule has 6 nitrogen and oxygen atoms in total. The first kappa shape index (κ1) is 32.7. The molecule has 0 aliphatic carbocycles. The number of anilines is 1. The van der Waals surface area contributed by atoms with Gasteiger partial charge >= 0.3 is 0 Å². The van der Waals surface area contributed by atoms with Crippen LogP contribution < -0.4 is 24.7 Å². The summed E-state index contributed by atoms with van der Waals surface area (Å²) in [7, 11) is 3.16. The molecule has 1 aromatic heterocycles. The highest BCUT2D eigenvalue weighted by atomic mass is 79.9. The second-order valence-electron chi connectivity index (χ2n) is 10.3. The summed E-state index contributed by atoms with van der Waals surface area (Å²) < 4.78 is 23.5. The monoisotopic (exact) mass is 740 g/mol. The lowest BCUT2D eigenvalue weighted by Crippen LogP contribution is -2.00. The second-order valence-corrected chi connectivity index (χ2v) is 13.0. The van der Waals surface area contributed by atoms with Gasteiger partial charge in [-0.2, -0.15) is 0 Å². The molecular weight excluding hydrogens is 708 g/mol. The summed E-state index contributed by atoms with van der Waals surface area (Å²) in [5.41, 5.74) is 12.8. The van der Waals surface area contributed by atoms with Crippen molar-refractivity contribution >= 4 is 54.5 Å². The first-order valence-corrected chi connectivity index (χ1v) is 16.1. The quantitative estimate of drug-likeness (QED) is 0.137. The number of methoxy groups -OCH3 is 2. The third kappa shape index (κ3) is 8.74. The number of benzene rings is 5. The first-order chi connectivity index (χ1) is 22.4. The maximum absolute atomic E-state index is 6.20. The van der Waals surface area contributed by atoms with Crippen molar-refractivity contribution in [1.29, 1.82) is 0 Å². The minimum atomic E-state index is 0.486. The van der Waals surface area contributed by atoms with E-state index in [1.54, 1.807) is 20.3 Å². The van der Waals surface area contributed by atoms with E-state index in [1.807, 2.05) is 72.8 Å². The number of halogens is 2. The number of fused-ring (bicyclic) bond motifs is 1. The number of aromatic nitrogens is 1. The zero-order valence-corrected chi connectivity index (χ0v) is 28.7. The van der Waals surface area contributed by atoms with Crippen molar-refractivity contribution in [3.63, 3.8) is 0 Å². The number of nitrogen functional groups attached to an aromatic ring is 1. The number of H-pyrrole nitrogens is 1. The van der Waals surface area contributed by atoms with Crippen molar-refractivity contribution in [2.75, 3.05) is 20.0 Å². The zero-order chi connectivity index (χ0) is 32.3. The molecule has 234 valence electrons. The SMILES string of the molecule is COc1cc(N)c(C=C(Br)Br)cc1OC.c1ccc(COc2cc3cc(-c4ccccc4)[nH]c3cc2OCc2ccccc2)cc1. The third-order valence-electron chi connectivity index (χ3n) is 7.10.